The molecule has 0 saturated carbocycles. The number of likely N-dealkylation sites (tertiary alicyclic amines) is 1. The summed E-state index contributed by atoms with van der Waals surface area (Å²) >= 11 is 0. The van der Waals surface area contributed by atoms with Gasteiger partial charge in [0, 0.05) is 44.3 Å². The summed E-state index contributed by atoms with van der Waals surface area (Å²) < 4.78 is 3.45. The first-order chi connectivity index (χ1) is 16.3. The molecule has 0 aromatic carbocycles. The zero-order chi connectivity index (χ0) is 24.0. The lowest BCUT2D eigenvalue weighted by molar-refractivity contribution is 0.0913. The highest BCUT2D eigenvalue weighted by molar-refractivity contribution is 6.05. The number of hydrogen-bond acceptors (Lipinski definition) is 6. The van der Waals surface area contributed by atoms with Crippen molar-refractivity contribution in [3.8, 4) is 0 Å². The molecule has 3 N–H and O–H groups in total. The van der Waals surface area contributed by atoms with Crippen molar-refractivity contribution in [2.75, 3.05) is 31.5 Å². The lowest BCUT2D eigenvalue weighted by Gasteiger charge is -2.23. The fourth-order valence-corrected chi connectivity index (χ4v) is 4.67. The van der Waals surface area contributed by atoms with Crippen LogP contribution in [0.3, 0.4) is 0 Å². The second-order valence-corrected chi connectivity index (χ2v) is 8.94. The number of amides is 3. The van der Waals surface area contributed by atoms with Crippen LogP contribution in [0.25, 0.3) is 11.0 Å². The molecule has 11 heteroatoms. The summed E-state index contributed by atoms with van der Waals surface area (Å²) in [5, 5.41) is 9.40. The van der Waals surface area contributed by atoms with Crippen molar-refractivity contribution in [2.45, 2.75) is 32.4 Å². The lowest BCUT2D eigenvalue weighted by Crippen LogP contribution is -2.38. The van der Waals surface area contributed by atoms with Crippen molar-refractivity contribution in [3.63, 3.8) is 0 Å². The number of hydrogen-bond donors (Lipinski definition) is 3. The largest absolute Gasteiger partial charge is 0.349 e. The Morgan fingerprint density at radius 3 is 2.82 bits per heavy atom. The highest BCUT2D eigenvalue weighted by atomic mass is 16.2. The summed E-state index contributed by atoms with van der Waals surface area (Å²) in [4.78, 5) is 49.0. The van der Waals surface area contributed by atoms with Crippen molar-refractivity contribution in [2.24, 2.45) is 7.05 Å². The average molecular weight is 465 g/mol. The summed E-state index contributed by atoms with van der Waals surface area (Å²) in [6.45, 7) is 7.35. The second kappa shape index (κ2) is 8.56. The number of rotatable bonds is 5. The molecule has 11 nitrogen and oxygen atoms in total. The molecule has 3 aromatic heterocycles. The van der Waals surface area contributed by atoms with Gasteiger partial charge in [-0.3, -0.25) is 14.4 Å². The van der Waals surface area contributed by atoms with E-state index in [1.54, 1.807) is 36.0 Å². The minimum Gasteiger partial charge on any atom is -0.349 e. The van der Waals surface area contributed by atoms with Crippen LogP contribution in [-0.4, -0.2) is 73.9 Å². The van der Waals surface area contributed by atoms with E-state index in [2.05, 4.69) is 37.7 Å². The number of aromatic nitrogens is 4. The Balaban J connectivity index is 1.32. The molecular formula is C23H28N8O3. The van der Waals surface area contributed by atoms with Crippen LogP contribution in [0.5, 0.6) is 0 Å². The van der Waals surface area contributed by atoms with E-state index in [-0.39, 0.29) is 41.2 Å². The third kappa shape index (κ3) is 3.92. The molecule has 3 amide bonds. The van der Waals surface area contributed by atoms with Gasteiger partial charge in [0.15, 0.2) is 5.82 Å². The van der Waals surface area contributed by atoms with Gasteiger partial charge in [-0.25, -0.2) is 9.97 Å². The molecule has 3 aromatic rings. The van der Waals surface area contributed by atoms with Crippen LogP contribution in [0, 0.1) is 0 Å². The molecule has 1 fully saturated rings. The predicted octanol–water partition coefficient (Wildman–Crippen LogP) is 1.15. The van der Waals surface area contributed by atoms with Gasteiger partial charge in [0.05, 0.1) is 6.04 Å². The van der Waals surface area contributed by atoms with E-state index < -0.39 is 5.91 Å². The Hall–Kier alpha value is -3.73. The van der Waals surface area contributed by atoms with Crippen LogP contribution < -0.4 is 16.0 Å². The molecule has 2 aliphatic heterocycles. The van der Waals surface area contributed by atoms with Gasteiger partial charge in [-0.1, -0.05) is 6.92 Å². The Bertz CT molecular complexity index is 1290. The molecule has 0 radical (unpaired) electrons. The quantitative estimate of drug-likeness (QED) is 0.520. The molecule has 0 aliphatic carbocycles. The molecule has 34 heavy (non-hydrogen) atoms. The van der Waals surface area contributed by atoms with Crippen LogP contribution in [0.2, 0.25) is 0 Å². The summed E-state index contributed by atoms with van der Waals surface area (Å²) in [7, 11) is 1.72. The van der Waals surface area contributed by atoms with Gasteiger partial charge in [-0.05, 0) is 38.1 Å². The molecule has 1 saturated heterocycles. The van der Waals surface area contributed by atoms with E-state index >= 15 is 0 Å². The Labute approximate surface area is 196 Å². The first kappa shape index (κ1) is 22.1. The Morgan fingerprint density at radius 1 is 1.24 bits per heavy atom. The average Bonchev–Trinajstić information content (AvgIpc) is 3.52. The topological polar surface area (TPSA) is 126 Å². The number of pyridine rings is 1. The number of carbonyl (C=O) groups is 3. The highest BCUT2D eigenvalue weighted by Gasteiger charge is 2.27. The number of fused-ring (bicyclic) bond motifs is 3. The molecular weight excluding hydrogens is 436 g/mol. The summed E-state index contributed by atoms with van der Waals surface area (Å²) in [6.07, 6.45) is 2.51. The Morgan fingerprint density at radius 2 is 2.06 bits per heavy atom. The Kier molecular flexibility index (Phi) is 5.56. The third-order valence-electron chi connectivity index (χ3n) is 6.53. The zero-order valence-electron chi connectivity index (χ0n) is 19.5. The van der Waals surface area contributed by atoms with Crippen molar-refractivity contribution >= 4 is 34.6 Å². The monoisotopic (exact) mass is 464 g/mol. The first-order valence-corrected chi connectivity index (χ1v) is 11.5. The zero-order valence-corrected chi connectivity index (χ0v) is 19.5. The SMILES string of the molecule is CCN1CC[C@@H](NC(=O)c2nc(NC(=O)c3ccc4cc5n(c4n3)C(C)CNC5=O)cn2C)C1. The molecule has 5 heterocycles. The van der Waals surface area contributed by atoms with Crippen LogP contribution in [-0.2, 0) is 7.05 Å². The van der Waals surface area contributed by atoms with Gasteiger partial charge in [0.2, 0.25) is 5.82 Å². The van der Waals surface area contributed by atoms with Crippen molar-refractivity contribution in [3.05, 3.63) is 41.6 Å². The molecule has 2 atom stereocenters. The van der Waals surface area contributed by atoms with Crippen molar-refractivity contribution < 1.29 is 14.4 Å². The standard InChI is InChI=1S/C23H28N8O3/c1-4-30-8-7-15(11-30)25-23(34)20-27-18(12-29(20)3)28-21(32)16-6-5-14-9-17-22(33)24-10-13(2)31(17)19(14)26-16/h5-6,9,12-13,15H,4,7-8,10-11H2,1-3H3,(H,24,33)(H,25,34)(H,28,32)/t13?,15-/m1/s1. The first-order valence-electron chi connectivity index (χ1n) is 11.5. The number of nitrogens with zero attached hydrogens (tertiary/aromatic N) is 5. The predicted molar refractivity (Wildman–Crippen MR) is 126 cm³/mol. The maximum absolute atomic E-state index is 12.9. The van der Waals surface area contributed by atoms with Gasteiger partial charge in [0.1, 0.15) is 17.0 Å². The maximum Gasteiger partial charge on any atom is 0.287 e. The van der Waals surface area contributed by atoms with E-state index in [0.29, 0.717) is 17.9 Å². The smallest absolute Gasteiger partial charge is 0.287 e. The minimum absolute atomic E-state index is 0.0251. The van der Waals surface area contributed by atoms with Crippen LogP contribution in [0.15, 0.2) is 24.4 Å². The van der Waals surface area contributed by atoms with Gasteiger partial charge < -0.3 is 30.0 Å². The second-order valence-electron chi connectivity index (χ2n) is 8.94. The molecule has 0 bridgehead atoms. The normalized spacial score (nSPS) is 20.3. The third-order valence-corrected chi connectivity index (χ3v) is 6.53. The lowest BCUT2D eigenvalue weighted by atomic mass is 10.2. The minimum atomic E-state index is -0.440. The van der Waals surface area contributed by atoms with Crippen LogP contribution >= 0.6 is 0 Å². The fraction of sp³-hybridized carbons (Fsp3) is 0.435. The molecule has 5 rings (SSSR count). The van der Waals surface area contributed by atoms with Crippen LogP contribution in [0.1, 0.15) is 57.9 Å². The van der Waals surface area contributed by atoms with E-state index in [1.807, 2.05) is 11.5 Å². The summed E-state index contributed by atoms with van der Waals surface area (Å²) in [5.74, 6) is -0.357. The van der Waals surface area contributed by atoms with Gasteiger partial charge in [-0.2, -0.15) is 0 Å². The van der Waals surface area contributed by atoms with Crippen LogP contribution in [0.4, 0.5) is 5.82 Å². The van der Waals surface area contributed by atoms with E-state index in [4.69, 9.17) is 0 Å². The van der Waals surface area contributed by atoms with Gasteiger partial charge in [-0.15, -0.1) is 0 Å². The summed E-state index contributed by atoms with van der Waals surface area (Å²) in [5.41, 5.74) is 1.32. The number of imidazole rings is 1. The van der Waals surface area contributed by atoms with Gasteiger partial charge in [0.25, 0.3) is 17.7 Å². The number of carbonyl (C=O) groups excluding carboxylic acids is 3. The molecule has 2 aliphatic rings. The molecule has 0 spiro atoms. The van der Waals surface area contributed by atoms with Crippen molar-refractivity contribution in [1.82, 2.24) is 34.6 Å². The number of nitrogens with one attached hydrogen (secondary N) is 3. The summed E-state index contributed by atoms with van der Waals surface area (Å²) in [6, 6.07) is 5.29. The number of likely N-dealkylation sites (N-methyl/N-ethyl adjacent to an activating group) is 1. The van der Waals surface area contributed by atoms with E-state index in [9.17, 15) is 14.4 Å². The number of anilines is 1. The molecule has 178 valence electrons. The van der Waals surface area contributed by atoms with E-state index in [0.717, 1.165) is 31.4 Å². The highest BCUT2D eigenvalue weighted by Crippen LogP contribution is 2.25. The number of aryl methyl sites for hydroxylation is 1. The van der Waals surface area contributed by atoms with E-state index in [1.165, 1.54) is 0 Å². The molecule has 1 unspecified atom stereocenters. The van der Waals surface area contributed by atoms with Crippen molar-refractivity contribution in [1.29, 1.82) is 0 Å². The van der Waals surface area contributed by atoms with Gasteiger partial charge >= 0.3 is 0 Å². The maximum atomic E-state index is 12.9. The fourth-order valence-electron chi connectivity index (χ4n) is 4.67.